The lowest BCUT2D eigenvalue weighted by Gasteiger charge is -2.29. The van der Waals surface area contributed by atoms with Gasteiger partial charge in [0.2, 0.25) is 0 Å². The van der Waals surface area contributed by atoms with Gasteiger partial charge in [0.1, 0.15) is 12.4 Å². The monoisotopic (exact) mass is 463 g/mol. The summed E-state index contributed by atoms with van der Waals surface area (Å²) in [7, 11) is 1.52. The number of fused-ring (bicyclic) bond motifs is 1. The van der Waals surface area contributed by atoms with Crippen LogP contribution in [0.2, 0.25) is 5.02 Å². The van der Waals surface area contributed by atoms with E-state index < -0.39 is 0 Å². The summed E-state index contributed by atoms with van der Waals surface area (Å²) in [6.07, 6.45) is 1.88. The van der Waals surface area contributed by atoms with Crippen LogP contribution >= 0.6 is 11.6 Å². The number of hydrogen-bond donors (Lipinski definition) is 0. The number of carbonyl (C=O) groups excluding carboxylic acids is 2. The van der Waals surface area contributed by atoms with Crippen molar-refractivity contribution < 1.29 is 23.8 Å². The molecule has 1 aliphatic heterocycles. The van der Waals surface area contributed by atoms with Crippen molar-refractivity contribution in [2.75, 3.05) is 25.3 Å². The maximum absolute atomic E-state index is 13.2. The van der Waals surface area contributed by atoms with E-state index in [-0.39, 0.29) is 30.9 Å². The predicted molar refractivity (Wildman–Crippen MR) is 125 cm³/mol. The van der Waals surface area contributed by atoms with Crippen molar-refractivity contribution in [3.05, 3.63) is 71.2 Å². The molecule has 1 amide bonds. The lowest BCUT2D eigenvalue weighted by Crippen LogP contribution is -2.38. The largest absolute Gasteiger partial charge is 0.493 e. The minimum absolute atomic E-state index is 0.0233. The minimum atomic E-state index is -0.168. The Kier molecular flexibility index (Phi) is 5.68. The molecule has 1 saturated carbocycles. The summed E-state index contributed by atoms with van der Waals surface area (Å²) in [5.41, 5.74) is 3.02. The molecule has 3 aromatic carbocycles. The Bertz CT molecular complexity index is 1220. The first-order valence-electron chi connectivity index (χ1n) is 10.7. The fourth-order valence-electron chi connectivity index (χ4n) is 3.79. The van der Waals surface area contributed by atoms with Crippen LogP contribution in [0.1, 0.15) is 23.2 Å². The number of ether oxygens (including phenoxy) is 3. The van der Waals surface area contributed by atoms with E-state index in [2.05, 4.69) is 0 Å². The molecule has 6 nitrogen and oxygen atoms in total. The number of amides is 1. The fraction of sp³-hybridized carbons (Fsp3) is 0.231. The maximum atomic E-state index is 13.2. The van der Waals surface area contributed by atoms with Gasteiger partial charge in [-0.15, -0.1) is 0 Å². The molecule has 0 saturated heterocycles. The third-order valence-electron chi connectivity index (χ3n) is 5.85. The molecule has 0 spiro atoms. The second kappa shape index (κ2) is 8.79. The maximum Gasteiger partial charge on any atom is 0.264 e. The van der Waals surface area contributed by atoms with Gasteiger partial charge in [-0.25, -0.2) is 0 Å². The topological polar surface area (TPSA) is 65.1 Å². The van der Waals surface area contributed by atoms with Gasteiger partial charge in [-0.3, -0.25) is 14.5 Å². The summed E-state index contributed by atoms with van der Waals surface area (Å²) in [6.45, 7) is 0.0921. The number of nitrogens with zero attached hydrogens (tertiary/aromatic N) is 1. The van der Waals surface area contributed by atoms with E-state index in [1.807, 2.05) is 36.4 Å². The molecule has 1 aliphatic carbocycles. The molecule has 7 heteroatoms. The van der Waals surface area contributed by atoms with Gasteiger partial charge in [0.25, 0.3) is 5.91 Å². The van der Waals surface area contributed by atoms with Crippen LogP contribution in [0.15, 0.2) is 60.7 Å². The Balaban J connectivity index is 1.35. The fourth-order valence-corrected chi connectivity index (χ4v) is 3.91. The average Bonchev–Trinajstić information content (AvgIpc) is 3.69. The van der Waals surface area contributed by atoms with E-state index in [0.29, 0.717) is 33.5 Å². The van der Waals surface area contributed by atoms with Crippen LogP contribution in [0, 0.1) is 5.92 Å². The highest BCUT2D eigenvalue weighted by atomic mass is 35.5. The Morgan fingerprint density at radius 3 is 2.52 bits per heavy atom. The van der Waals surface area contributed by atoms with E-state index in [1.54, 1.807) is 24.3 Å². The minimum Gasteiger partial charge on any atom is -0.493 e. The summed E-state index contributed by atoms with van der Waals surface area (Å²) in [5.74, 6) is 1.53. The van der Waals surface area contributed by atoms with Crippen LogP contribution in [0.5, 0.6) is 17.2 Å². The average molecular weight is 464 g/mol. The van der Waals surface area contributed by atoms with E-state index in [0.717, 1.165) is 24.0 Å². The van der Waals surface area contributed by atoms with Crippen molar-refractivity contribution in [3.8, 4) is 28.4 Å². The molecule has 0 bridgehead atoms. The third-order valence-corrected chi connectivity index (χ3v) is 6.10. The zero-order valence-electron chi connectivity index (χ0n) is 18.0. The van der Waals surface area contributed by atoms with Crippen molar-refractivity contribution in [2.45, 2.75) is 12.8 Å². The molecule has 5 rings (SSSR count). The first-order chi connectivity index (χ1) is 16.0. The number of methoxy groups -OCH3 is 1. The molecule has 0 atom stereocenters. The summed E-state index contributed by atoms with van der Waals surface area (Å²) in [6, 6.07) is 18.2. The third kappa shape index (κ3) is 4.39. The van der Waals surface area contributed by atoms with Crippen LogP contribution in [0.25, 0.3) is 11.1 Å². The van der Waals surface area contributed by atoms with Crippen LogP contribution in [-0.2, 0) is 4.79 Å². The molecular formula is C26H22ClNO5. The van der Waals surface area contributed by atoms with Crippen molar-refractivity contribution in [1.29, 1.82) is 0 Å². The van der Waals surface area contributed by atoms with Gasteiger partial charge in [-0.2, -0.15) is 0 Å². The zero-order chi connectivity index (χ0) is 22.9. The van der Waals surface area contributed by atoms with E-state index >= 15 is 0 Å². The highest BCUT2D eigenvalue weighted by Gasteiger charge is 2.30. The van der Waals surface area contributed by atoms with Crippen molar-refractivity contribution in [2.24, 2.45) is 5.92 Å². The van der Waals surface area contributed by atoms with Gasteiger partial charge in [0.05, 0.1) is 18.4 Å². The summed E-state index contributed by atoms with van der Waals surface area (Å²) >= 11 is 5.98. The SMILES string of the molecule is COc1cc(N2COc3cc(-c4ccc(Cl)cc4)ccc3C2=O)ccc1OCC(=O)C1CC1. The number of ketones is 1. The normalized spacial score (nSPS) is 15.0. The molecule has 33 heavy (non-hydrogen) atoms. The number of halogens is 1. The Morgan fingerprint density at radius 1 is 1.03 bits per heavy atom. The molecule has 2 aliphatic rings. The number of anilines is 1. The zero-order valence-corrected chi connectivity index (χ0v) is 18.8. The Labute approximate surface area is 196 Å². The second-order valence-electron chi connectivity index (χ2n) is 8.09. The van der Waals surface area contributed by atoms with Crippen LogP contribution in [0.4, 0.5) is 5.69 Å². The summed E-state index contributed by atoms with van der Waals surface area (Å²) < 4.78 is 17.0. The van der Waals surface area contributed by atoms with E-state index in [1.165, 1.54) is 12.0 Å². The highest BCUT2D eigenvalue weighted by Crippen LogP contribution is 2.37. The smallest absolute Gasteiger partial charge is 0.264 e. The van der Waals surface area contributed by atoms with E-state index in [4.69, 9.17) is 25.8 Å². The number of Topliss-reactive ketones (excluding diaryl/α,β-unsaturated/α-hetero) is 1. The van der Waals surface area contributed by atoms with Gasteiger partial charge in [-0.05, 0) is 60.4 Å². The standard InChI is InChI=1S/C26H22ClNO5/c1-31-25-13-20(9-11-23(25)32-14-22(29)17-2-3-17)28-15-33-24-12-18(6-10-21(24)26(28)30)16-4-7-19(27)8-5-16/h4-13,17H,2-3,14-15H2,1H3. The molecule has 1 heterocycles. The van der Waals surface area contributed by atoms with Crippen LogP contribution < -0.4 is 19.1 Å². The number of benzene rings is 3. The van der Waals surface area contributed by atoms with Gasteiger partial charge in [0.15, 0.2) is 24.0 Å². The van der Waals surface area contributed by atoms with Gasteiger partial charge in [-0.1, -0.05) is 29.8 Å². The van der Waals surface area contributed by atoms with Crippen molar-refractivity contribution in [3.63, 3.8) is 0 Å². The lowest BCUT2D eigenvalue weighted by molar-refractivity contribution is -0.122. The van der Waals surface area contributed by atoms with Crippen molar-refractivity contribution >= 4 is 29.0 Å². The molecular weight excluding hydrogens is 442 g/mol. The van der Waals surface area contributed by atoms with Crippen molar-refractivity contribution in [1.82, 2.24) is 0 Å². The molecule has 168 valence electrons. The number of rotatable bonds is 7. The molecule has 0 unspecified atom stereocenters. The number of carbonyl (C=O) groups is 2. The van der Waals surface area contributed by atoms with Gasteiger partial charge in [0, 0.05) is 17.0 Å². The second-order valence-corrected chi connectivity index (χ2v) is 8.53. The summed E-state index contributed by atoms with van der Waals surface area (Å²) in [4.78, 5) is 26.7. The molecule has 1 fully saturated rings. The van der Waals surface area contributed by atoms with Crippen LogP contribution in [0.3, 0.4) is 0 Å². The molecule has 3 aromatic rings. The quantitative estimate of drug-likeness (QED) is 0.471. The lowest BCUT2D eigenvalue weighted by atomic mass is 10.0. The summed E-state index contributed by atoms with van der Waals surface area (Å²) in [5, 5.41) is 0.667. The Morgan fingerprint density at radius 2 is 1.79 bits per heavy atom. The van der Waals surface area contributed by atoms with Crippen LogP contribution in [-0.4, -0.2) is 32.1 Å². The molecule has 0 aromatic heterocycles. The first kappa shape index (κ1) is 21.3. The predicted octanol–water partition coefficient (Wildman–Crippen LogP) is 5.37. The molecule has 0 N–H and O–H groups in total. The first-order valence-corrected chi connectivity index (χ1v) is 11.1. The van der Waals surface area contributed by atoms with E-state index in [9.17, 15) is 9.59 Å². The molecule has 0 radical (unpaired) electrons. The highest BCUT2D eigenvalue weighted by molar-refractivity contribution is 6.30. The Hall–Kier alpha value is -3.51. The van der Waals surface area contributed by atoms with Gasteiger partial charge >= 0.3 is 0 Å². The number of hydrogen-bond acceptors (Lipinski definition) is 5. The van der Waals surface area contributed by atoms with Gasteiger partial charge < -0.3 is 14.2 Å².